The fourth-order valence-electron chi connectivity index (χ4n) is 1.37. The molecule has 0 radical (unpaired) electrons. The van der Waals surface area contributed by atoms with E-state index in [1.54, 1.807) is 20.1 Å². The molecule has 0 aliphatic carbocycles. The van der Waals surface area contributed by atoms with Crippen LogP contribution in [0.5, 0.6) is 0 Å². The van der Waals surface area contributed by atoms with E-state index >= 15 is 0 Å². The predicted octanol–water partition coefficient (Wildman–Crippen LogP) is 0.0111. The van der Waals surface area contributed by atoms with Gasteiger partial charge in [-0.05, 0) is 13.0 Å². The van der Waals surface area contributed by atoms with Crippen LogP contribution in [0.3, 0.4) is 0 Å². The topological polar surface area (TPSA) is 80.2 Å². The Bertz CT molecular complexity index is 429. The van der Waals surface area contributed by atoms with Crippen LogP contribution in [0.25, 0.3) is 0 Å². The van der Waals surface area contributed by atoms with E-state index in [1.165, 1.54) is 4.90 Å². The van der Waals surface area contributed by atoms with Gasteiger partial charge in [0.05, 0.1) is 13.2 Å². The molecule has 1 aliphatic rings. The Labute approximate surface area is 111 Å². The summed E-state index contributed by atoms with van der Waals surface area (Å²) < 4.78 is 9.96. The van der Waals surface area contributed by atoms with Crippen LogP contribution in [0, 0.1) is 0 Å². The smallest absolute Gasteiger partial charge is 0.263 e. The molecule has 7 heteroatoms. The molecule has 0 spiro atoms. The van der Waals surface area contributed by atoms with E-state index in [-0.39, 0.29) is 24.1 Å². The van der Waals surface area contributed by atoms with Gasteiger partial charge in [0, 0.05) is 7.11 Å². The van der Waals surface area contributed by atoms with E-state index in [0.29, 0.717) is 25.4 Å². The molecule has 1 aliphatic heterocycles. The number of ether oxygens (including phenoxy) is 2. The van der Waals surface area contributed by atoms with Gasteiger partial charge in [-0.2, -0.15) is 0 Å². The lowest BCUT2D eigenvalue weighted by molar-refractivity contribution is -0.123. The highest BCUT2D eigenvalue weighted by molar-refractivity contribution is 6.08. The molecule has 2 amide bonds. The first-order valence-electron chi connectivity index (χ1n) is 5.70. The van der Waals surface area contributed by atoms with Crippen molar-refractivity contribution in [1.82, 2.24) is 10.2 Å². The van der Waals surface area contributed by atoms with E-state index in [9.17, 15) is 9.59 Å². The van der Waals surface area contributed by atoms with Crippen LogP contribution >= 0.6 is 0 Å². The van der Waals surface area contributed by atoms with Gasteiger partial charge in [-0.3, -0.25) is 14.5 Å². The largest absolute Gasteiger partial charge is 0.481 e. The second-order valence-corrected chi connectivity index (χ2v) is 3.66. The highest BCUT2D eigenvalue weighted by Gasteiger charge is 2.19. The molecule has 104 valence electrons. The van der Waals surface area contributed by atoms with Crippen molar-refractivity contribution in [3.8, 4) is 0 Å². The summed E-state index contributed by atoms with van der Waals surface area (Å²) in [7, 11) is 1.54. The van der Waals surface area contributed by atoms with Gasteiger partial charge in [0.2, 0.25) is 6.41 Å². The van der Waals surface area contributed by atoms with Crippen molar-refractivity contribution in [1.29, 1.82) is 0 Å². The summed E-state index contributed by atoms with van der Waals surface area (Å²) in [4.78, 5) is 27.8. The SMILES string of the molecule is C=C1OCC(=O)N/C1=N/C(=CC)N(C=O)CCOC. The van der Waals surface area contributed by atoms with Crippen LogP contribution in [-0.4, -0.2) is 49.9 Å². The second-order valence-electron chi connectivity index (χ2n) is 3.66. The lowest BCUT2D eigenvalue weighted by atomic mass is 10.4. The standard InChI is InChI=1S/C12H17N3O4/c1-4-10(15(8-16)5-6-18-3)13-12-9(2)19-7-11(17)14-12/h4,8H,2,5-7H2,1,3H3,(H,13,14,17). The van der Waals surface area contributed by atoms with Gasteiger partial charge < -0.3 is 14.8 Å². The molecule has 1 saturated heterocycles. The van der Waals surface area contributed by atoms with Gasteiger partial charge in [-0.1, -0.05) is 6.58 Å². The molecule has 0 atom stereocenters. The molecular formula is C12H17N3O4. The second kappa shape index (κ2) is 7.32. The van der Waals surface area contributed by atoms with Crippen molar-refractivity contribution in [2.75, 3.05) is 26.9 Å². The number of methoxy groups -OCH3 is 1. The maximum atomic E-state index is 11.2. The number of allylic oxidation sites excluding steroid dienone is 1. The normalized spacial score (nSPS) is 18.0. The molecule has 0 unspecified atom stereocenters. The first kappa shape index (κ1) is 14.9. The first-order valence-corrected chi connectivity index (χ1v) is 5.70. The van der Waals surface area contributed by atoms with E-state index < -0.39 is 0 Å². The van der Waals surface area contributed by atoms with E-state index in [0.717, 1.165) is 0 Å². The van der Waals surface area contributed by atoms with Crippen LogP contribution < -0.4 is 5.32 Å². The van der Waals surface area contributed by atoms with Crippen molar-refractivity contribution in [3.63, 3.8) is 0 Å². The Hall–Kier alpha value is -2.15. The number of aliphatic imine (C=N–C) groups is 1. The zero-order chi connectivity index (χ0) is 14.3. The summed E-state index contributed by atoms with van der Waals surface area (Å²) in [5, 5.41) is 2.54. The number of amides is 2. The van der Waals surface area contributed by atoms with E-state index in [2.05, 4.69) is 16.9 Å². The molecule has 0 aromatic heterocycles. The van der Waals surface area contributed by atoms with Gasteiger partial charge in [0.15, 0.2) is 18.2 Å². The van der Waals surface area contributed by atoms with Crippen molar-refractivity contribution in [2.24, 2.45) is 4.99 Å². The van der Waals surface area contributed by atoms with Crippen LogP contribution in [0.15, 0.2) is 29.2 Å². The minimum Gasteiger partial charge on any atom is -0.481 e. The van der Waals surface area contributed by atoms with Crippen molar-refractivity contribution >= 4 is 18.2 Å². The Kier molecular flexibility index (Phi) is 5.74. The third-order valence-electron chi connectivity index (χ3n) is 2.34. The zero-order valence-corrected chi connectivity index (χ0v) is 11.0. The molecule has 1 N–H and O–H groups in total. The number of carbonyl (C=O) groups is 2. The molecule has 7 nitrogen and oxygen atoms in total. The fourth-order valence-corrected chi connectivity index (χ4v) is 1.37. The number of hydrogen-bond donors (Lipinski definition) is 1. The predicted molar refractivity (Wildman–Crippen MR) is 69.1 cm³/mol. The molecule has 1 heterocycles. The van der Waals surface area contributed by atoms with Crippen molar-refractivity contribution in [2.45, 2.75) is 6.92 Å². The summed E-state index contributed by atoms with van der Waals surface area (Å²) in [6.07, 6.45) is 2.29. The Morgan fingerprint density at radius 3 is 3.00 bits per heavy atom. The first-order chi connectivity index (χ1) is 9.12. The molecule has 0 aromatic rings. The Morgan fingerprint density at radius 2 is 2.42 bits per heavy atom. The summed E-state index contributed by atoms with van der Waals surface area (Å²) in [6.45, 7) is 6.03. The summed E-state index contributed by atoms with van der Waals surface area (Å²) in [6, 6.07) is 0. The number of amidine groups is 1. The van der Waals surface area contributed by atoms with E-state index in [4.69, 9.17) is 9.47 Å². The monoisotopic (exact) mass is 267 g/mol. The van der Waals surface area contributed by atoms with Crippen LogP contribution in [0.2, 0.25) is 0 Å². The fraction of sp³-hybridized carbons (Fsp3) is 0.417. The Balaban J connectivity index is 2.87. The number of nitrogens with one attached hydrogen (secondary N) is 1. The van der Waals surface area contributed by atoms with Crippen LogP contribution in [0.4, 0.5) is 0 Å². The van der Waals surface area contributed by atoms with Crippen molar-refractivity contribution in [3.05, 3.63) is 24.2 Å². The maximum Gasteiger partial charge on any atom is 0.263 e. The number of morpholine rings is 1. The van der Waals surface area contributed by atoms with Gasteiger partial charge in [0.1, 0.15) is 5.82 Å². The number of carbonyl (C=O) groups excluding carboxylic acids is 2. The Morgan fingerprint density at radius 1 is 1.68 bits per heavy atom. The highest BCUT2D eigenvalue weighted by atomic mass is 16.5. The average molecular weight is 267 g/mol. The van der Waals surface area contributed by atoms with Crippen LogP contribution in [0.1, 0.15) is 6.92 Å². The molecule has 0 saturated carbocycles. The lowest BCUT2D eigenvalue weighted by Gasteiger charge is -2.21. The van der Waals surface area contributed by atoms with Gasteiger partial charge in [-0.25, -0.2) is 4.99 Å². The molecule has 0 bridgehead atoms. The molecule has 1 rings (SSSR count). The van der Waals surface area contributed by atoms with Crippen LogP contribution in [-0.2, 0) is 19.1 Å². The highest BCUT2D eigenvalue weighted by Crippen LogP contribution is 2.09. The lowest BCUT2D eigenvalue weighted by Crippen LogP contribution is -2.41. The minimum absolute atomic E-state index is 0.0793. The zero-order valence-electron chi connectivity index (χ0n) is 11.0. The quantitative estimate of drug-likeness (QED) is 0.687. The van der Waals surface area contributed by atoms with Gasteiger partial charge >= 0.3 is 0 Å². The van der Waals surface area contributed by atoms with E-state index in [1.807, 2.05) is 0 Å². The maximum absolute atomic E-state index is 11.2. The number of hydrogen-bond acceptors (Lipinski definition) is 5. The summed E-state index contributed by atoms with van der Waals surface area (Å²) >= 11 is 0. The third-order valence-corrected chi connectivity index (χ3v) is 2.34. The molecule has 19 heavy (non-hydrogen) atoms. The molecule has 0 aromatic carbocycles. The number of rotatable bonds is 6. The number of nitrogens with zero attached hydrogens (tertiary/aromatic N) is 2. The van der Waals surface area contributed by atoms with Gasteiger partial charge in [0.25, 0.3) is 5.91 Å². The summed E-state index contributed by atoms with van der Waals surface area (Å²) in [5.74, 6) is 0.537. The average Bonchev–Trinajstić information content (AvgIpc) is 2.41. The molecule has 1 fully saturated rings. The summed E-state index contributed by atoms with van der Waals surface area (Å²) in [5.41, 5.74) is 0. The van der Waals surface area contributed by atoms with Gasteiger partial charge in [-0.15, -0.1) is 0 Å². The minimum atomic E-state index is -0.309. The van der Waals surface area contributed by atoms with Crippen molar-refractivity contribution < 1.29 is 19.1 Å². The third kappa shape index (κ3) is 4.22. The molecular weight excluding hydrogens is 250 g/mol.